The lowest BCUT2D eigenvalue weighted by Gasteiger charge is -2.19. The molecule has 0 saturated heterocycles. The van der Waals surface area contributed by atoms with E-state index in [-0.39, 0.29) is 6.61 Å². The molecule has 0 radical (unpaired) electrons. The normalized spacial score (nSPS) is 11.3. The van der Waals surface area contributed by atoms with Crippen LogP contribution in [0.4, 0.5) is 0 Å². The molecule has 0 spiro atoms. The molecule has 1 aromatic rings. The number of aliphatic carboxylic acids is 1. The van der Waals surface area contributed by atoms with Gasteiger partial charge in [0.25, 0.3) is 0 Å². The number of carbonyl (C=O) groups is 1. The predicted octanol–water partition coefficient (Wildman–Crippen LogP) is 1.60. The van der Waals surface area contributed by atoms with Gasteiger partial charge in [-0.1, -0.05) is 31.2 Å². The van der Waals surface area contributed by atoms with Crippen LogP contribution in [0.5, 0.6) is 0 Å². The summed E-state index contributed by atoms with van der Waals surface area (Å²) in [4.78, 5) is 12.5. The van der Waals surface area contributed by atoms with Gasteiger partial charge in [0.05, 0.1) is 6.61 Å². The third-order valence-electron chi connectivity index (χ3n) is 2.67. The van der Waals surface area contributed by atoms with Crippen LogP contribution in [0.3, 0.4) is 0 Å². The molecule has 0 aromatic heterocycles. The van der Waals surface area contributed by atoms with Crippen molar-refractivity contribution < 1.29 is 15.0 Å². The van der Waals surface area contributed by atoms with Crippen molar-refractivity contribution in [1.82, 2.24) is 4.90 Å². The number of hydrogen-bond acceptors (Lipinski definition) is 3. The fourth-order valence-corrected chi connectivity index (χ4v) is 1.65. The number of likely N-dealkylation sites (N-methyl/N-ethyl adjacent to an activating group) is 1. The molecule has 4 heteroatoms. The van der Waals surface area contributed by atoms with Crippen molar-refractivity contribution in [2.24, 2.45) is 0 Å². The lowest BCUT2D eigenvalue weighted by molar-refractivity contribution is -0.131. The van der Waals surface area contributed by atoms with Crippen molar-refractivity contribution in [3.63, 3.8) is 0 Å². The van der Waals surface area contributed by atoms with Gasteiger partial charge in [0, 0.05) is 19.2 Å². The van der Waals surface area contributed by atoms with Gasteiger partial charge in [-0.3, -0.25) is 4.90 Å². The number of carboxylic acid groups (broad SMARTS) is 1. The fraction of sp³-hybridized carbons (Fsp3) is 0.357. The van der Waals surface area contributed by atoms with E-state index < -0.39 is 5.97 Å². The third kappa shape index (κ3) is 5.12. The Balaban J connectivity index is 2.62. The van der Waals surface area contributed by atoms with Crippen molar-refractivity contribution in [1.29, 1.82) is 0 Å². The summed E-state index contributed by atoms with van der Waals surface area (Å²) in [7, 11) is 0. The van der Waals surface area contributed by atoms with Gasteiger partial charge in [-0.2, -0.15) is 0 Å². The summed E-state index contributed by atoms with van der Waals surface area (Å²) in [6.45, 7) is 4.56. The molecule has 18 heavy (non-hydrogen) atoms. The zero-order valence-electron chi connectivity index (χ0n) is 10.5. The van der Waals surface area contributed by atoms with E-state index in [1.54, 1.807) is 6.08 Å². The molecule has 1 aromatic carbocycles. The van der Waals surface area contributed by atoms with Crippen molar-refractivity contribution in [2.45, 2.75) is 13.5 Å². The zero-order valence-corrected chi connectivity index (χ0v) is 10.5. The van der Waals surface area contributed by atoms with Gasteiger partial charge in [-0.05, 0) is 23.7 Å². The second-order valence-electron chi connectivity index (χ2n) is 4.01. The third-order valence-corrected chi connectivity index (χ3v) is 2.67. The van der Waals surface area contributed by atoms with E-state index in [4.69, 9.17) is 10.2 Å². The minimum Gasteiger partial charge on any atom is -0.478 e. The SMILES string of the molecule is CCN(CCO)Cc1ccc(/C=C/C(=O)O)cc1. The Kier molecular flexibility index (Phi) is 6.11. The summed E-state index contributed by atoms with van der Waals surface area (Å²) in [6, 6.07) is 7.73. The zero-order chi connectivity index (χ0) is 13.4. The fourth-order valence-electron chi connectivity index (χ4n) is 1.65. The monoisotopic (exact) mass is 249 g/mol. The van der Waals surface area contributed by atoms with Crippen molar-refractivity contribution in [3.8, 4) is 0 Å². The molecular weight excluding hydrogens is 230 g/mol. The Morgan fingerprint density at radius 3 is 2.50 bits per heavy atom. The van der Waals surface area contributed by atoms with Gasteiger partial charge < -0.3 is 10.2 Å². The largest absolute Gasteiger partial charge is 0.478 e. The van der Waals surface area contributed by atoms with Crippen LogP contribution >= 0.6 is 0 Å². The number of aliphatic hydroxyl groups excluding tert-OH is 1. The highest BCUT2D eigenvalue weighted by atomic mass is 16.4. The molecule has 0 heterocycles. The summed E-state index contributed by atoms with van der Waals surface area (Å²) in [6.07, 6.45) is 2.69. The van der Waals surface area contributed by atoms with Crippen LogP contribution in [-0.2, 0) is 11.3 Å². The number of aliphatic hydroxyl groups is 1. The highest BCUT2D eigenvalue weighted by molar-refractivity contribution is 5.85. The van der Waals surface area contributed by atoms with Crippen LogP contribution in [0.1, 0.15) is 18.1 Å². The molecule has 0 amide bonds. The molecule has 98 valence electrons. The van der Waals surface area contributed by atoms with Crippen LogP contribution in [0.25, 0.3) is 6.08 Å². The first-order valence-corrected chi connectivity index (χ1v) is 5.99. The van der Waals surface area contributed by atoms with Gasteiger partial charge in [0.1, 0.15) is 0 Å². The maximum absolute atomic E-state index is 10.4. The Hall–Kier alpha value is -1.65. The maximum atomic E-state index is 10.4. The molecule has 0 bridgehead atoms. The van der Waals surface area contributed by atoms with E-state index >= 15 is 0 Å². The van der Waals surface area contributed by atoms with Gasteiger partial charge in [0.2, 0.25) is 0 Å². The van der Waals surface area contributed by atoms with E-state index in [1.165, 1.54) is 0 Å². The van der Waals surface area contributed by atoms with E-state index in [2.05, 4.69) is 11.8 Å². The molecule has 0 atom stereocenters. The minimum atomic E-state index is -0.945. The summed E-state index contributed by atoms with van der Waals surface area (Å²) < 4.78 is 0. The Morgan fingerprint density at radius 1 is 1.33 bits per heavy atom. The lowest BCUT2D eigenvalue weighted by Crippen LogP contribution is -2.25. The highest BCUT2D eigenvalue weighted by Gasteiger charge is 2.02. The molecule has 2 N–H and O–H groups in total. The van der Waals surface area contributed by atoms with Crippen LogP contribution in [0.15, 0.2) is 30.3 Å². The molecule has 0 aliphatic carbocycles. The number of benzene rings is 1. The Labute approximate surface area is 107 Å². The first kappa shape index (κ1) is 14.4. The molecule has 0 fully saturated rings. The Morgan fingerprint density at radius 2 is 2.00 bits per heavy atom. The highest BCUT2D eigenvalue weighted by Crippen LogP contribution is 2.08. The summed E-state index contributed by atoms with van der Waals surface area (Å²) in [5.41, 5.74) is 2.02. The smallest absolute Gasteiger partial charge is 0.328 e. The quantitative estimate of drug-likeness (QED) is 0.721. The van der Waals surface area contributed by atoms with Crippen LogP contribution in [0, 0.1) is 0 Å². The molecule has 0 aliphatic heterocycles. The number of rotatable bonds is 7. The van der Waals surface area contributed by atoms with Crippen molar-refractivity contribution in [3.05, 3.63) is 41.5 Å². The summed E-state index contributed by atoms with van der Waals surface area (Å²) in [5, 5.41) is 17.4. The van der Waals surface area contributed by atoms with Crippen LogP contribution in [-0.4, -0.2) is 40.8 Å². The average molecular weight is 249 g/mol. The van der Waals surface area contributed by atoms with Gasteiger partial charge in [-0.15, -0.1) is 0 Å². The molecular formula is C14H19NO3. The molecule has 4 nitrogen and oxygen atoms in total. The van der Waals surface area contributed by atoms with E-state index in [0.29, 0.717) is 6.54 Å². The van der Waals surface area contributed by atoms with Gasteiger partial charge in [0.15, 0.2) is 0 Å². The first-order chi connectivity index (χ1) is 8.65. The lowest BCUT2D eigenvalue weighted by atomic mass is 10.1. The molecule has 0 saturated carbocycles. The second kappa shape index (κ2) is 7.63. The van der Waals surface area contributed by atoms with E-state index in [0.717, 1.165) is 30.3 Å². The summed E-state index contributed by atoms with van der Waals surface area (Å²) >= 11 is 0. The minimum absolute atomic E-state index is 0.160. The van der Waals surface area contributed by atoms with Crippen LogP contribution in [0.2, 0.25) is 0 Å². The van der Waals surface area contributed by atoms with E-state index in [9.17, 15) is 4.79 Å². The molecule has 1 rings (SSSR count). The number of nitrogens with zero attached hydrogens (tertiary/aromatic N) is 1. The number of carboxylic acids is 1. The van der Waals surface area contributed by atoms with Crippen molar-refractivity contribution in [2.75, 3.05) is 19.7 Å². The van der Waals surface area contributed by atoms with Gasteiger partial charge in [-0.25, -0.2) is 4.79 Å². The average Bonchev–Trinajstić information content (AvgIpc) is 2.37. The molecule has 0 aliphatic rings. The van der Waals surface area contributed by atoms with Crippen molar-refractivity contribution >= 4 is 12.0 Å². The second-order valence-corrected chi connectivity index (χ2v) is 4.01. The molecule has 0 unspecified atom stereocenters. The standard InChI is InChI=1S/C14H19NO3/c1-2-15(9-10-16)11-13-5-3-12(4-6-13)7-8-14(17)18/h3-8,16H,2,9-11H2,1H3,(H,17,18)/b8-7+. The first-order valence-electron chi connectivity index (χ1n) is 5.99. The Bertz CT molecular complexity index is 398. The van der Waals surface area contributed by atoms with Gasteiger partial charge >= 0.3 is 5.97 Å². The summed E-state index contributed by atoms with van der Waals surface area (Å²) in [5.74, 6) is -0.945. The number of hydrogen-bond donors (Lipinski definition) is 2. The van der Waals surface area contributed by atoms with Crippen LogP contribution < -0.4 is 0 Å². The van der Waals surface area contributed by atoms with E-state index in [1.807, 2.05) is 24.3 Å². The maximum Gasteiger partial charge on any atom is 0.328 e. The topological polar surface area (TPSA) is 60.8 Å². The predicted molar refractivity (Wildman–Crippen MR) is 71.1 cm³/mol.